The Bertz CT molecular complexity index is 1320. The Hall–Kier alpha value is -3.52. The highest BCUT2D eigenvalue weighted by Gasteiger charge is 2.27. The van der Waals surface area contributed by atoms with Gasteiger partial charge in [0.05, 0.1) is 31.1 Å². The van der Waals surface area contributed by atoms with Crippen LogP contribution < -0.4 is 9.64 Å². The maximum absolute atomic E-state index is 14.1. The van der Waals surface area contributed by atoms with Crippen LogP contribution in [-0.2, 0) is 0 Å². The van der Waals surface area contributed by atoms with E-state index in [1.807, 2.05) is 37.3 Å². The molecule has 1 aliphatic heterocycles. The molecule has 0 bridgehead atoms. The summed E-state index contributed by atoms with van der Waals surface area (Å²) >= 11 is 0. The lowest BCUT2D eigenvalue weighted by molar-refractivity contribution is 0.266. The van der Waals surface area contributed by atoms with Crippen LogP contribution >= 0.6 is 0 Å². The molecule has 1 unspecified atom stereocenters. The number of nitrogens with zero attached hydrogens (tertiary/aromatic N) is 4. The summed E-state index contributed by atoms with van der Waals surface area (Å²) in [5.41, 5.74) is 4.23. The molecule has 2 aromatic carbocycles. The molecule has 1 aliphatic rings. The van der Waals surface area contributed by atoms with Crippen molar-refractivity contribution in [2.24, 2.45) is 0 Å². The molecule has 170 valence electrons. The number of anilines is 1. The molecule has 5 rings (SSSR count). The zero-order chi connectivity index (χ0) is 23.1. The monoisotopic (exact) mass is 450 g/mol. The quantitative estimate of drug-likeness (QED) is 0.481. The van der Waals surface area contributed by atoms with E-state index in [0.717, 1.165) is 48.0 Å². The van der Waals surface area contributed by atoms with Crippen molar-refractivity contribution in [2.45, 2.75) is 25.8 Å². The molecular weight excluding hydrogens is 426 g/mol. The SMILES string of the molecule is COc1ccc(-c2c(C)nn3c(-c4ccc(F)c(F)c4)cc(N4CCCC4CO)nc23)cc1. The molecule has 2 aromatic heterocycles. The Labute approximate surface area is 190 Å². The first-order valence-electron chi connectivity index (χ1n) is 10.9. The molecule has 4 aromatic rings. The third-order valence-corrected chi connectivity index (χ3v) is 6.23. The van der Waals surface area contributed by atoms with Gasteiger partial charge in [0.15, 0.2) is 17.3 Å². The van der Waals surface area contributed by atoms with Crippen molar-refractivity contribution < 1.29 is 18.6 Å². The molecule has 1 N–H and O–H groups in total. The molecule has 0 spiro atoms. The van der Waals surface area contributed by atoms with Crippen molar-refractivity contribution in [1.82, 2.24) is 14.6 Å². The van der Waals surface area contributed by atoms with Crippen LogP contribution in [-0.4, -0.2) is 46.0 Å². The minimum Gasteiger partial charge on any atom is -0.497 e. The average Bonchev–Trinajstić information content (AvgIpc) is 3.44. The number of hydrogen-bond acceptors (Lipinski definition) is 5. The molecule has 0 aliphatic carbocycles. The standard InChI is InChI=1S/C25H24F2N4O2/c1-15-24(16-5-8-19(33-2)9-6-16)25-28-23(30-11-3-4-18(30)14-32)13-22(31(25)29-15)17-7-10-20(26)21(27)12-17/h5-10,12-13,18,32H,3-4,11,14H2,1-2H3. The van der Waals surface area contributed by atoms with Gasteiger partial charge >= 0.3 is 0 Å². The highest BCUT2D eigenvalue weighted by Crippen LogP contribution is 2.35. The Morgan fingerprint density at radius 3 is 2.52 bits per heavy atom. The van der Waals surface area contributed by atoms with E-state index < -0.39 is 11.6 Å². The van der Waals surface area contributed by atoms with Gasteiger partial charge < -0.3 is 14.7 Å². The summed E-state index contributed by atoms with van der Waals surface area (Å²) in [5, 5.41) is 14.6. The number of methoxy groups -OCH3 is 1. The van der Waals surface area contributed by atoms with Gasteiger partial charge in [-0.3, -0.25) is 0 Å². The largest absolute Gasteiger partial charge is 0.497 e. The van der Waals surface area contributed by atoms with Gasteiger partial charge in [-0.05, 0) is 55.7 Å². The second-order valence-corrected chi connectivity index (χ2v) is 8.22. The highest BCUT2D eigenvalue weighted by molar-refractivity contribution is 5.83. The Morgan fingerprint density at radius 2 is 1.82 bits per heavy atom. The van der Waals surface area contributed by atoms with E-state index in [9.17, 15) is 13.9 Å². The minimum absolute atomic E-state index is 0.0248. The van der Waals surface area contributed by atoms with Gasteiger partial charge in [-0.2, -0.15) is 5.10 Å². The van der Waals surface area contributed by atoms with Crippen LogP contribution in [0.15, 0.2) is 48.5 Å². The predicted molar refractivity (Wildman–Crippen MR) is 123 cm³/mol. The Balaban J connectivity index is 1.76. The first-order chi connectivity index (χ1) is 16.0. The second-order valence-electron chi connectivity index (χ2n) is 8.22. The summed E-state index contributed by atoms with van der Waals surface area (Å²) in [7, 11) is 1.62. The van der Waals surface area contributed by atoms with Gasteiger partial charge in [0, 0.05) is 23.7 Å². The average molecular weight is 450 g/mol. The molecule has 1 atom stereocenters. The van der Waals surface area contributed by atoms with Crippen LogP contribution in [0, 0.1) is 18.6 Å². The summed E-state index contributed by atoms with van der Waals surface area (Å²) in [4.78, 5) is 7.01. The molecule has 33 heavy (non-hydrogen) atoms. The number of hydrogen-bond donors (Lipinski definition) is 1. The molecule has 3 heterocycles. The number of rotatable bonds is 5. The lowest BCUT2D eigenvalue weighted by Crippen LogP contribution is -2.32. The Morgan fingerprint density at radius 1 is 1.06 bits per heavy atom. The van der Waals surface area contributed by atoms with Crippen molar-refractivity contribution in [3.8, 4) is 28.1 Å². The number of ether oxygens (including phenoxy) is 1. The van der Waals surface area contributed by atoms with E-state index in [4.69, 9.17) is 14.8 Å². The first-order valence-corrected chi connectivity index (χ1v) is 10.9. The smallest absolute Gasteiger partial charge is 0.166 e. The summed E-state index contributed by atoms with van der Waals surface area (Å²) in [5.74, 6) is -0.410. The lowest BCUT2D eigenvalue weighted by Gasteiger charge is -2.25. The van der Waals surface area contributed by atoms with Gasteiger partial charge in [-0.25, -0.2) is 18.3 Å². The summed E-state index contributed by atoms with van der Waals surface area (Å²) in [6, 6.07) is 13.3. The van der Waals surface area contributed by atoms with Crippen LogP contribution in [0.3, 0.4) is 0 Å². The number of halogens is 2. The topological polar surface area (TPSA) is 62.9 Å². The van der Waals surface area contributed by atoms with Crippen molar-refractivity contribution in [1.29, 1.82) is 0 Å². The van der Waals surface area contributed by atoms with Crippen LogP contribution in [0.4, 0.5) is 14.6 Å². The van der Waals surface area contributed by atoms with Gasteiger partial charge in [0.2, 0.25) is 0 Å². The number of aliphatic hydroxyl groups is 1. The van der Waals surface area contributed by atoms with Gasteiger partial charge in [0.25, 0.3) is 0 Å². The molecule has 0 saturated carbocycles. The fraction of sp³-hybridized carbons (Fsp3) is 0.280. The van der Waals surface area contributed by atoms with E-state index in [1.165, 1.54) is 12.1 Å². The van der Waals surface area contributed by atoms with Crippen LogP contribution in [0.25, 0.3) is 28.0 Å². The van der Waals surface area contributed by atoms with E-state index in [2.05, 4.69) is 4.90 Å². The fourth-order valence-electron chi connectivity index (χ4n) is 4.54. The summed E-state index contributed by atoms with van der Waals surface area (Å²) in [6.45, 7) is 2.68. The molecule has 0 amide bonds. The molecule has 1 fully saturated rings. The zero-order valence-electron chi connectivity index (χ0n) is 18.4. The number of aromatic nitrogens is 3. The zero-order valence-corrected chi connectivity index (χ0v) is 18.4. The van der Waals surface area contributed by atoms with Crippen LogP contribution in [0.1, 0.15) is 18.5 Å². The number of benzene rings is 2. The number of fused-ring (bicyclic) bond motifs is 1. The number of aliphatic hydroxyl groups excluding tert-OH is 1. The van der Waals surface area contributed by atoms with Crippen molar-refractivity contribution in [3.63, 3.8) is 0 Å². The third kappa shape index (κ3) is 3.70. The molecule has 6 nitrogen and oxygen atoms in total. The van der Waals surface area contributed by atoms with Crippen molar-refractivity contribution >= 4 is 11.5 Å². The van der Waals surface area contributed by atoms with E-state index in [0.29, 0.717) is 22.7 Å². The molecule has 1 saturated heterocycles. The third-order valence-electron chi connectivity index (χ3n) is 6.23. The van der Waals surface area contributed by atoms with Crippen LogP contribution in [0.2, 0.25) is 0 Å². The number of aryl methyl sites for hydroxylation is 1. The molecule has 0 radical (unpaired) electrons. The van der Waals surface area contributed by atoms with Crippen LogP contribution in [0.5, 0.6) is 5.75 Å². The highest BCUT2D eigenvalue weighted by atomic mass is 19.2. The van der Waals surface area contributed by atoms with Crippen molar-refractivity contribution in [3.05, 3.63) is 65.9 Å². The van der Waals surface area contributed by atoms with E-state index in [1.54, 1.807) is 11.6 Å². The maximum atomic E-state index is 14.1. The lowest BCUT2D eigenvalue weighted by atomic mass is 10.1. The second kappa shape index (κ2) is 8.44. The first kappa shape index (κ1) is 21.3. The predicted octanol–water partition coefficient (Wildman–Crippen LogP) is 4.62. The van der Waals surface area contributed by atoms with Gasteiger partial charge in [0.1, 0.15) is 11.6 Å². The summed E-state index contributed by atoms with van der Waals surface area (Å²) in [6.07, 6.45) is 1.82. The normalized spacial score (nSPS) is 16.0. The van der Waals surface area contributed by atoms with E-state index in [-0.39, 0.29) is 12.6 Å². The maximum Gasteiger partial charge on any atom is 0.166 e. The fourth-order valence-corrected chi connectivity index (χ4v) is 4.54. The Kier molecular flexibility index (Phi) is 5.46. The van der Waals surface area contributed by atoms with Gasteiger partial charge in [-0.15, -0.1) is 0 Å². The van der Waals surface area contributed by atoms with Crippen molar-refractivity contribution in [2.75, 3.05) is 25.2 Å². The minimum atomic E-state index is -0.923. The molecule has 8 heteroatoms. The summed E-state index contributed by atoms with van der Waals surface area (Å²) < 4.78 is 34.7. The van der Waals surface area contributed by atoms with Gasteiger partial charge in [-0.1, -0.05) is 12.1 Å². The van der Waals surface area contributed by atoms with E-state index >= 15 is 0 Å². The molecular formula is C25H24F2N4O2.